The molecule has 0 aromatic heterocycles. The smallest absolute Gasteiger partial charge is 0.123 e. The van der Waals surface area contributed by atoms with Gasteiger partial charge in [-0.15, -0.1) is 11.8 Å². The summed E-state index contributed by atoms with van der Waals surface area (Å²) in [5.74, 6) is 1.71. The molecule has 32 heavy (non-hydrogen) atoms. The molecule has 0 amide bonds. The van der Waals surface area contributed by atoms with Crippen LogP contribution in [0.25, 0.3) is 0 Å². The molecule has 6 heteroatoms. The average molecular weight is 465 g/mol. The Bertz CT molecular complexity index is 603. The maximum absolute atomic E-state index is 6.20. The van der Waals surface area contributed by atoms with Crippen LogP contribution < -0.4 is 16.0 Å². The SMILES string of the molecule is CCC(CN1CCOC(C)(SCc2ccccc2)C1)NCCNCC(C)CCNC(C)C. The fraction of sp³-hybridized carbons (Fsp3) is 0.769. The molecule has 184 valence electrons. The summed E-state index contributed by atoms with van der Waals surface area (Å²) in [6.07, 6.45) is 2.39. The van der Waals surface area contributed by atoms with E-state index in [0.29, 0.717) is 18.0 Å². The molecule has 3 unspecified atom stereocenters. The molecule has 1 fully saturated rings. The van der Waals surface area contributed by atoms with Crippen LogP contribution in [0, 0.1) is 5.92 Å². The van der Waals surface area contributed by atoms with Gasteiger partial charge in [-0.1, -0.05) is 58.0 Å². The first-order chi connectivity index (χ1) is 15.4. The highest BCUT2D eigenvalue weighted by molar-refractivity contribution is 7.99. The van der Waals surface area contributed by atoms with E-state index in [1.807, 2.05) is 11.8 Å². The largest absolute Gasteiger partial charge is 0.362 e. The van der Waals surface area contributed by atoms with Crippen LogP contribution in [0.15, 0.2) is 30.3 Å². The third-order valence-corrected chi connectivity index (χ3v) is 7.44. The molecule has 0 bridgehead atoms. The van der Waals surface area contributed by atoms with Gasteiger partial charge in [0.1, 0.15) is 4.93 Å². The molecule has 3 N–H and O–H groups in total. The van der Waals surface area contributed by atoms with Gasteiger partial charge in [0.15, 0.2) is 0 Å². The fourth-order valence-electron chi connectivity index (χ4n) is 4.06. The quantitative estimate of drug-likeness (QED) is 0.322. The minimum absolute atomic E-state index is 0.130. The predicted molar refractivity (Wildman–Crippen MR) is 140 cm³/mol. The lowest BCUT2D eigenvalue weighted by Gasteiger charge is -2.41. The van der Waals surface area contributed by atoms with E-state index < -0.39 is 0 Å². The van der Waals surface area contributed by atoms with E-state index in [1.54, 1.807) is 0 Å². The highest BCUT2D eigenvalue weighted by Crippen LogP contribution is 2.33. The molecule has 0 spiro atoms. The topological polar surface area (TPSA) is 48.6 Å². The fourth-order valence-corrected chi connectivity index (χ4v) is 5.16. The standard InChI is InChI=1S/C26H48N4OS/c1-6-25(29-15-14-27-18-23(4)12-13-28-22(2)3)19-30-16-17-31-26(5,21-30)32-20-24-10-8-7-9-11-24/h7-11,22-23,25,27-29H,6,12-21H2,1-5H3. The van der Waals surface area contributed by atoms with E-state index in [4.69, 9.17) is 4.74 Å². The van der Waals surface area contributed by atoms with Crippen molar-refractivity contribution in [2.45, 2.75) is 70.2 Å². The van der Waals surface area contributed by atoms with Crippen molar-refractivity contribution in [3.8, 4) is 0 Å². The maximum atomic E-state index is 6.20. The third kappa shape index (κ3) is 11.5. The molecule has 3 atom stereocenters. The highest BCUT2D eigenvalue weighted by Gasteiger charge is 2.33. The summed E-state index contributed by atoms with van der Waals surface area (Å²) in [6, 6.07) is 11.8. The number of thioether (sulfide) groups is 1. The number of nitrogens with one attached hydrogen (secondary N) is 3. The van der Waals surface area contributed by atoms with Gasteiger partial charge >= 0.3 is 0 Å². The van der Waals surface area contributed by atoms with E-state index in [1.165, 1.54) is 12.0 Å². The number of rotatable bonds is 16. The van der Waals surface area contributed by atoms with Crippen LogP contribution in [0.1, 0.15) is 53.0 Å². The van der Waals surface area contributed by atoms with Gasteiger partial charge < -0.3 is 20.7 Å². The van der Waals surface area contributed by atoms with Gasteiger partial charge in [-0.25, -0.2) is 0 Å². The number of hydrogen-bond donors (Lipinski definition) is 3. The summed E-state index contributed by atoms with van der Waals surface area (Å²) in [7, 11) is 0. The summed E-state index contributed by atoms with van der Waals surface area (Å²) in [5, 5.41) is 10.9. The van der Waals surface area contributed by atoms with Gasteiger partial charge in [0, 0.05) is 50.6 Å². The van der Waals surface area contributed by atoms with E-state index in [0.717, 1.165) is 64.6 Å². The molecule has 0 saturated carbocycles. The van der Waals surface area contributed by atoms with Crippen LogP contribution >= 0.6 is 11.8 Å². The Hall–Kier alpha value is -0.630. The zero-order chi connectivity index (χ0) is 23.2. The van der Waals surface area contributed by atoms with Crippen molar-refractivity contribution in [2.75, 3.05) is 52.4 Å². The maximum Gasteiger partial charge on any atom is 0.123 e. The predicted octanol–water partition coefficient (Wildman–Crippen LogP) is 3.95. The monoisotopic (exact) mass is 464 g/mol. The molecule has 5 nitrogen and oxygen atoms in total. The highest BCUT2D eigenvalue weighted by atomic mass is 32.2. The van der Waals surface area contributed by atoms with Crippen LogP contribution in [-0.2, 0) is 10.5 Å². The van der Waals surface area contributed by atoms with Crippen molar-refractivity contribution >= 4 is 11.8 Å². The molecule has 0 aliphatic carbocycles. The van der Waals surface area contributed by atoms with E-state index in [9.17, 15) is 0 Å². The van der Waals surface area contributed by atoms with Gasteiger partial charge in [-0.05, 0) is 44.3 Å². The van der Waals surface area contributed by atoms with Gasteiger partial charge in [-0.2, -0.15) is 0 Å². The summed E-state index contributed by atoms with van der Waals surface area (Å²) in [5.41, 5.74) is 1.37. The molecule has 1 heterocycles. The molecular weight excluding hydrogens is 416 g/mol. The van der Waals surface area contributed by atoms with E-state index in [-0.39, 0.29) is 4.93 Å². The summed E-state index contributed by atoms with van der Waals surface area (Å²) in [4.78, 5) is 2.45. The first-order valence-electron chi connectivity index (χ1n) is 12.6. The molecule has 1 aliphatic heterocycles. The minimum atomic E-state index is -0.130. The number of ether oxygens (including phenoxy) is 1. The van der Waals surface area contributed by atoms with Crippen LogP contribution in [-0.4, -0.2) is 74.3 Å². The number of nitrogens with zero attached hydrogens (tertiary/aromatic N) is 1. The molecule has 1 aromatic rings. The zero-order valence-corrected chi connectivity index (χ0v) is 22.0. The zero-order valence-electron chi connectivity index (χ0n) is 21.2. The van der Waals surface area contributed by atoms with Crippen LogP contribution in [0.5, 0.6) is 0 Å². The Balaban J connectivity index is 1.62. The van der Waals surface area contributed by atoms with Crippen molar-refractivity contribution in [3.63, 3.8) is 0 Å². The molecule has 1 saturated heterocycles. The summed E-state index contributed by atoms with van der Waals surface area (Å²) < 4.78 is 6.20. The van der Waals surface area contributed by atoms with E-state index in [2.05, 4.69) is 85.8 Å². The summed E-state index contributed by atoms with van der Waals surface area (Å²) >= 11 is 1.93. The van der Waals surface area contributed by atoms with Crippen molar-refractivity contribution < 1.29 is 4.74 Å². The Morgan fingerprint density at radius 3 is 2.59 bits per heavy atom. The lowest BCUT2D eigenvalue weighted by Crippen LogP contribution is -2.52. The number of benzene rings is 1. The van der Waals surface area contributed by atoms with Gasteiger partial charge in [-0.3, -0.25) is 4.90 Å². The Kier molecular flexibility index (Phi) is 13.2. The van der Waals surface area contributed by atoms with E-state index >= 15 is 0 Å². The van der Waals surface area contributed by atoms with Gasteiger partial charge in [0.25, 0.3) is 0 Å². The Morgan fingerprint density at radius 1 is 1.09 bits per heavy atom. The molecule has 1 aliphatic rings. The second-order valence-corrected chi connectivity index (χ2v) is 11.2. The Morgan fingerprint density at radius 2 is 1.88 bits per heavy atom. The van der Waals surface area contributed by atoms with Crippen LogP contribution in [0.3, 0.4) is 0 Å². The molecule has 0 radical (unpaired) electrons. The van der Waals surface area contributed by atoms with Crippen molar-refractivity contribution in [3.05, 3.63) is 35.9 Å². The minimum Gasteiger partial charge on any atom is -0.362 e. The second kappa shape index (κ2) is 15.3. The normalized spacial score (nSPS) is 21.7. The number of hydrogen-bond acceptors (Lipinski definition) is 6. The lowest BCUT2D eigenvalue weighted by molar-refractivity contribution is -0.0429. The lowest BCUT2D eigenvalue weighted by atomic mass is 10.1. The first-order valence-corrected chi connectivity index (χ1v) is 13.6. The third-order valence-electron chi connectivity index (χ3n) is 6.10. The van der Waals surface area contributed by atoms with Crippen molar-refractivity contribution in [1.29, 1.82) is 0 Å². The van der Waals surface area contributed by atoms with Gasteiger partial charge in [0.2, 0.25) is 0 Å². The van der Waals surface area contributed by atoms with Crippen LogP contribution in [0.2, 0.25) is 0 Å². The second-order valence-electron chi connectivity index (χ2n) is 9.76. The first kappa shape index (κ1) is 27.6. The molecular formula is C26H48N4OS. The van der Waals surface area contributed by atoms with Crippen molar-refractivity contribution in [2.24, 2.45) is 5.92 Å². The summed E-state index contributed by atoms with van der Waals surface area (Å²) in [6.45, 7) is 19.5. The average Bonchev–Trinajstić information content (AvgIpc) is 2.77. The van der Waals surface area contributed by atoms with Crippen molar-refractivity contribution in [1.82, 2.24) is 20.9 Å². The molecule has 1 aromatic carbocycles. The van der Waals surface area contributed by atoms with Gasteiger partial charge in [0.05, 0.1) is 6.61 Å². The Labute approximate surface area is 201 Å². The number of morpholine rings is 1. The molecule has 2 rings (SSSR count). The van der Waals surface area contributed by atoms with Crippen LogP contribution in [0.4, 0.5) is 0 Å².